The first kappa shape index (κ1) is 17.0. The SMILES string of the molecule is O=C(NCCc1ccc(Cl)cc1)C1(c2ccccc2)CCCCC1. The van der Waals surface area contributed by atoms with E-state index >= 15 is 0 Å². The second kappa shape index (κ2) is 7.85. The minimum atomic E-state index is -0.348. The van der Waals surface area contributed by atoms with Crippen LogP contribution < -0.4 is 5.32 Å². The second-order valence-corrected chi connectivity index (χ2v) is 7.08. The lowest BCUT2D eigenvalue weighted by atomic mass is 9.68. The summed E-state index contributed by atoms with van der Waals surface area (Å²) in [7, 11) is 0. The Kier molecular flexibility index (Phi) is 5.57. The Labute approximate surface area is 149 Å². The summed E-state index contributed by atoms with van der Waals surface area (Å²) < 4.78 is 0. The highest BCUT2D eigenvalue weighted by atomic mass is 35.5. The molecule has 2 nitrogen and oxygen atoms in total. The van der Waals surface area contributed by atoms with Crippen LogP contribution in [0.4, 0.5) is 0 Å². The fourth-order valence-electron chi connectivity index (χ4n) is 3.70. The van der Waals surface area contributed by atoms with Crippen molar-refractivity contribution in [1.29, 1.82) is 0 Å². The molecule has 3 rings (SSSR count). The van der Waals surface area contributed by atoms with E-state index in [4.69, 9.17) is 11.6 Å². The second-order valence-electron chi connectivity index (χ2n) is 6.64. The van der Waals surface area contributed by atoms with Crippen LogP contribution >= 0.6 is 11.6 Å². The van der Waals surface area contributed by atoms with Gasteiger partial charge in [-0.2, -0.15) is 0 Å². The molecule has 0 radical (unpaired) electrons. The molecule has 2 aromatic carbocycles. The summed E-state index contributed by atoms with van der Waals surface area (Å²) in [6.45, 7) is 0.662. The summed E-state index contributed by atoms with van der Waals surface area (Å²) in [5.74, 6) is 0.183. The highest BCUT2D eigenvalue weighted by molar-refractivity contribution is 6.30. The zero-order chi connectivity index (χ0) is 16.8. The van der Waals surface area contributed by atoms with E-state index in [2.05, 4.69) is 17.4 Å². The summed E-state index contributed by atoms with van der Waals surface area (Å²) >= 11 is 5.91. The molecule has 126 valence electrons. The standard InChI is InChI=1S/C21H24ClNO/c22-19-11-9-17(10-12-19)13-16-23-20(24)21(14-5-2-6-15-21)18-7-3-1-4-8-18/h1,3-4,7-12H,2,5-6,13-16H2,(H,23,24). The van der Waals surface area contributed by atoms with E-state index in [1.54, 1.807) is 0 Å². The smallest absolute Gasteiger partial charge is 0.230 e. The zero-order valence-corrected chi connectivity index (χ0v) is 14.7. The molecule has 0 atom stereocenters. The number of hydrogen-bond acceptors (Lipinski definition) is 1. The van der Waals surface area contributed by atoms with E-state index in [9.17, 15) is 4.79 Å². The van der Waals surface area contributed by atoms with Crippen LogP contribution in [-0.4, -0.2) is 12.5 Å². The first-order chi connectivity index (χ1) is 11.7. The molecule has 2 aromatic rings. The van der Waals surface area contributed by atoms with Crippen molar-refractivity contribution < 1.29 is 4.79 Å². The third kappa shape index (κ3) is 3.81. The molecule has 0 unspecified atom stereocenters. The third-order valence-corrected chi connectivity index (χ3v) is 5.33. The van der Waals surface area contributed by atoms with Crippen LogP contribution in [0.5, 0.6) is 0 Å². The van der Waals surface area contributed by atoms with Gasteiger partial charge in [0.25, 0.3) is 0 Å². The van der Waals surface area contributed by atoms with Gasteiger partial charge in [0.05, 0.1) is 5.41 Å². The molecular formula is C21H24ClNO. The number of amides is 1. The van der Waals surface area contributed by atoms with Crippen molar-refractivity contribution in [1.82, 2.24) is 5.32 Å². The van der Waals surface area contributed by atoms with E-state index in [1.165, 1.54) is 12.0 Å². The summed E-state index contributed by atoms with van der Waals surface area (Å²) in [5, 5.41) is 3.93. The summed E-state index contributed by atoms with van der Waals surface area (Å²) in [4.78, 5) is 13.0. The highest BCUT2D eigenvalue weighted by Crippen LogP contribution is 2.39. The number of rotatable bonds is 5. The Bertz CT molecular complexity index is 660. The predicted octanol–water partition coefficient (Wildman–Crippen LogP) is 4.90. The molecular weight excluding hydrogens is 318 g/mol. The molecule has 24 heavy (non-hydrogen) atoms. The first-order valence-electron chi connectivity index (χ1n) is 8.79. The zero-order valence-electron chi connectivity index (χ0n) is 13.9. The van der Waals surface area contributed by atoms with Gasteiger partial charge in [-0.25, -0.2) is 0 Å². The van der Waals surface area contributed by atoms with Gasteiger partial charge < -0.3 is 5.32 Å². The van der Waals surface area contributed by atoms with Crippen molar-refractivity contribution >= 4 is 17.5 Å². The highest BCUT2D eigenvalue weighted by Gasteiger charge is 2.40. The lowest BCUT2D eigenvalue weighted by molar-refractivity contribution is -0.128. The van der Waals surface area contributed by atoms with E-state index in [-0.39, 0.29) is 11.3 Å². The molecule has 1 saturated carbocycles. The number of carbonyl (C=O) groups excluding carboxylic acids is 1. The summed E-state index contributed by atoms with van der Waals surface area (Å²) in [6, 6.07) is 18.1. The van der Waals surface area contributed by atoms with Gasteiger partial charge in [0.2, 0.25) is 5.91 Å². The predicted molar refractivity (Wildman–Crippen MR) is 99.4 cm³/mol. The Balaban J connectivity index is 1.67. The molecule has 1 aliphatic carbocycles. The molecule has 0 saturated heterocycles. The van der Waals surface area contributed by atoms with Crippen molar-refractivity contribution in [2.24, 2.45) is 0 Å². The van der Waals surface area contributed by atoms with Crippen molar-refractivity contribution in [2.75, 3.05) is 6.54 Å². The minimum absolute atomic E-state index is 0.183. The quantitative estimate of drug-likeness (QED) is 0.823. The van der Waals surface area contributed by atoms with Crippen LogP contribution in [0.15, 0.2) is 54.6 Å². The van der Waals surface area contributed by atoms with E-state index in [0.717, 1.165) is 42.7 Å². The van der Waals surface area contributed by atoms with Crippen molar-refractivity contribution in [3.63, 3.8) is 0 Å². The maximum atomic E-state index is 13.0. The van der Waals surface area contributed by atoms with Gasteiger partial charge in [-0.1, -0.05) is 73.3 Å². The fourth-order valence-corrected chi connectivity index (χ4v) is 3.83. The van der Waals surface area contributed by atoms with Crippen molar-refractivity contribution in [3.05, 3.63) is 70.7 Å². The van der Waals surface area contributed by atoms with Crippen LogP contribution in [-0.2, 0) is 16.6 Å². The number of nitrogens with one attached hydrogen (secondary N) is 1. The average molecular weight is 342 g/mol. The lowest BCUT2D eigenvalue weighted by Gasteiger charge is -2.36. The molecule has 3 heteroatoms. The van der Waals surface area contributed by atoms with Crippen LogP contribution in [0.3, 0.4) is 0 Å². The molecule has 1 fully saturated rings. The number of carbonyl (C=O) groups is 1. The lowest BCUT2D eigenvalue weighted by Crippen LogP contribution is -2.46. The molecule has 1 N–H and O–H groups in total. The van der Waals surface area contributed by atoms with Gasteiger partial charge in [-0.15, -0.1) is 0 Å². The molecule has 1 amide bonds. The summed E-state index contributed by atoms with van der Waals surface area (Å²) in [5.41, 5.74) is 2.00. The summed E-state index contributed by atoms with van der Waals surface area (Å²) in [6.07, 6.45) is 6.20. The average Bonchev–Trinajstić information content (AvgIpc) is 2.64. The normalized spacial score (nSPS) is 16.5. The number of hydrogen-bond donors (Lipinski definition) is 1. The molecule has 0 aliphatic heterocycles. The number of halogens is 1. The van der Waals surface area contributed by atoms with Crippen LogP contribution in [0.1, 0.15) is 43.2 Å². The largest absolute Gasteiger partial charge is 0.355 e. The van der Waals surface area contributed by atoms with Gasteiger partial charge in [-0.05, 0) is 42.5 Å². The Morgan fingerprint density at radius 3 is 2.29 bits per heavy atom. The van der Waals surface area contributed by atoms with E-state index in [1.807, 2.05) is 42.5 Å². The van der Waals surface area contributed by atoms with Crippen molar-refractivity contribution in [3.8, 4) is 0 Å². The van der Waals surface area contributed by atoms with E-state index in [0.29, 0.717) is 6.54 Å². The molecule has 1 aliphatic rings. The Hall–Kier alpha value is -1.80. The van der Waals surface area contributed by atoms with Crippen LogP contribution in [0, 0.1) is 0 Å². The van der Waals surface area contributed by atoms with Crippen LogP contribution in [0.2, 0.25) is 5.02 Å². The maximum Gasteiger partial charge on any atom is 0.230 e. The monoisotopic (exact) mass is 341 g/mol. The van der Waals surface area contributed by atoms with Crippen LogP contribution in [0.25, 0.3) is 0 Å². The van der Waals surface area contributed by atoms with E-state index < -0.39 is 0 Å². The number of benzene rings is 2. The van der Waals surface area contributed by atoms with Gasteiger partial charge in [-0.3, -0.25) is 4.79 Å². The third-order valence-electron chi connectivity index (χ3n) is 5.08. The van der Waals surface area contributed by atoms with Gasteiger partial charge in [0.15, 0.2) is 0 Å². The van der Waals surface area contributed by atoms with Crippen molar-refractivity contribution in [2.45, 2.75) is 43.9 Å². The molecule has 0 aromatic heterocycles. The molecule has 0 bridgehead atoms. The molecule has 0 heterocycles. The minimum Gasteiger partial charge on any atom is -0.355 e. The fraction of sp³-hybridized carbons (Fsp3) is 0.381. The topological polar surface area (TPSA) is 29.1 Å². The Morgan fingerprint density at radius 1 is 0.958 bits per heavy atom. The Morgan fingerprint density at radius 2 is 1.62 bits per heavy atom. The van der Waals surface area contributed by atoms with Gasteiger partial charge in [0.1, 0.15) is 0 Å². The van der Waals surface area contributed by atoms with Gasteiger partial charge in [0, 0.05) is 11.6 Å². The first-order valence-corrected chi connectivity index (χ1v) is 9.17. The van der Waals surface area contributed by atoms with Gasteiger partial charge >= 0.3 is 0 Å². The molecule has 0 spiro atoms. The maximum absolute atomic E-state index is 13.0.